The van der Waals surface area contributed by atoms with Crippen LogP contribution in [-0.4, -0.2) is 33.6 Å². The number of benzene rings is 3. The van der Waals surface area contributed by atoms with Gasteiger partial charge >= 0.3 is 0 Å². The van der Waals surface area contributed by atoms with E-state index in [1.54, 1.807) is 13.0 Å². The molecule has 3 aromatic carbocycles. The second kappa shape index (κ2) is 9.02. The third kappa shape index (κ3) is 4.63. The van der Waals surface area contributed by atoms with Gasteiger partial charge in [-0.05, 0) is 50.6 Å². The van der Waals surface area contributed by atoms with E-state index in [2.05, 4.69) is 28.8 Å². The zero-order valence-electron chi connectivity index (χ0n) is 17.7. The maximum atomic E-state index is 13.7. The second-order valence-corrected chi connectivity index (χ2v) is 9.65. The van der Waals surface area contributed by atoms with Crippen molar-refractivity contribution in [2.24, 2.45) is 0 Å². The van der Waals surface area contributed by atoms with Crippen LogP contribution in [0.3, 0.4) is 0 Å². The van der Waals surface area contributed by atoms with Gasteiger partial charge in [0.25, 0.3) is 10.0 Å². The predicted molar refractivity (Wildman–Crippen MR) is 127 cm³/mol. The fourth-order valence-electron chi connectivity index (χ4n) is 4.04. The van der Waals surface area contributed by atoms with Crippen LogP contribution in [0.4, 0.5) is 15.8 Å². The summed E-state index contributed by atoms with van der Waals surface area (Å²) in [6.07, 6.45) is 0. The molecule has 166 valence electrons. The van der Waals surface area contributed by atoms with Crippen molar-refractivity contribution >= 4 is 44.6 Å². The third-order valence-electron chi connectivity index (χ3n) is 5.66. The molecule has 1 heterocycles. The smallest absolute Gasteiger partial charge is 0.262 e. The van der Waals surface area contributed by atoms with Crippen LogP contribution in [0, 0.1) is 12.7 Å². The number of aryl methyl sites for hydroxylation is 1. The first-order valence-electron chi connectivity index (χ1n) is 10.1. The van der Waals surface area contributed by atoms with Gasteiger partial charge in [0.2, 0.25) is 0 Å². The van der Waals surface area contributed by atoms with Gasteiger partial charge in [0, 0.05) is 41.6 Å². The lowest BCUT2D eigenvalue weighted by molar-refractivity contribution is 0.426. The van der Waals surface area contributed by atoms with Gasteiger partial charge in [-0.1, -0.05) is 30.3 Å². The Kier molecular flexibility index (Phi) is 6.79. The molecule has 0 saturated carbocycles. The average molecular weight is 464 g/mol. The molecule has 31 heavy (non-hydrogen) atoms. The molecular formula is C23H27ClFN3O2S. The Morgan fingerprint density at radius 1 is 1.06 bits per heavy atom. The number of anilines is 2. The van der Waals surface area contributed by atoms with Crippen LogP contribution in [0.1, 0.15) is 19.4 Å². The van der Waals surface area contributed by atoms with Gasteiger partial charge in [0.05, 0.1) is 10.6 Å². The summed E-state index contributed by atoms with van der Waals surface area (Å²) >= 11 is 0. The summed E-state index contributed by atoms with van der Waals surface area (Å²) < 4.78 is 42.4. The Bertz CT molecular complexity index is 1200. The van der Waals surface area contributed by atoms with Gasteiger partial charge in [-0.3, -0.25) is 4.72 Å². The van der Waals surface area contributed by atoms with Crippen LogP contribution in [0.15, 0.2) is 59.5 Å². The monoisotopic (exact) mass is 463 g/mol. The minimum Gasteiger partial charge on any atom is -0.365 e. The second-order valence-electron chi connectivity index (χ2n) is 8.00. The van der Waals surface area contributed by atoms with E-state index in [0.717, 1.165) is 35.6 Å². The SMILES string of the molecule is Cc1ccc(F)cc1S(=O)(=O)Nc1ccc(N2C[C@H](C)NC[C@H]2C)c2ccccc12.Cl. The Hall–Kier alpha value is -2.35. The molecule has 0 aliphatic carbocycles. The van der Waals surface area contributed by atoms with E-state index in [9.17, 15) is 12.8 Å². The van der Waals surface area contributed by atoms with E-state index in [0.29, 0.717) is 23.3 Å². The van der Waals surface area contributed by atoms with Gasteiger partial charge in [-0.2, -0.15) is 0 Å². The number of halogens is 2. The molecule has 8 heteroatoms. The molecule has 0 radical (unpaired) electrons. The Morgan fingerprint density at radius 2 is 1.77 bits per heavy atom. The third-order valence-corrected chi connectivity index (χ3v) is 7.17. The van der Waals surface area contributed by atoms with Crippen LogP contribution in [0.5, 0.6) is 0 Å². The normalized spacial score (nSPS) is 19.2. The summed E-state index contributed by atoms with van der Waals surface area (Å²) in [5, 5.41) is 5.28. The van der Waals surface area contributed by atoms with E-state index < -0.39 is 15.8 Å². The lowest BCUT2D eigenvalue weighted by Crippen LogP contribution is -2.54. The summed E-state index contributed by atoms with van der Waals surface area (Å²) in [4.78, 5) is 2.30. The molecule has 1 aliphatic heterocycles. The Labute approximate surface area is 189 Å². The highest BCUT2D eigenvalue weighted by Gasteiger charge is 2.25. The highest BCUT2D eigenvalue weighted by Crippen LogP contribution is 2.35. The Morgan fingerprint density at radius 3 is 2.52 bits per heavy atom. The number of sulfonamides is 1. The van der Waals surface area contributed by atoms with Crippen molar-refractivity contribution in [3.8, 4) is 0 Å². The summed E-state index contributed by atoms with van der Waals surface area (Å²) in [7, 11) is -3.93. The number of rotatable bonds is 4. The molecule has 0 amide bonds. The zero-order valence-corrected chi connectivity index (χ0v) is 19.4. The van der Waals surface area contributed by atoms with Crippen molar-refractivity contribution < 1.29 is 12.8 Å². The fourth-order valence-corrected chi connectivity index (χ4v) is 5.38. The highest BCUT2D eigenvalue weighted by atomic mass is 35.5. The van der Waals surface area contributed by atoms with Crippen molar-refractivity contribution in [1.82, 2.24) is 5.32 Å². The number of hydrogen-bond acceptors (Lipinski definition) is 4. The van der Waals surface area contributed by atoms with E-state index in [4.69, 9.17) is 0 Å². The van der Waals surface area contributed by atoms with Gasteiger partial charge in [-0.15, -0.1) is 12.4 Å². The van der Waals surface area contributed by atoms with E-state index in [1.165, 1.54) is 12.1 Å². The molecule has 1 fully saturated rings. The summed E-state index contributed by atoms with van der Waals surface area (Å²) in [5.74, 6) is -0.581. The fraction of sp³-hybridized carbons (Fsp3) is 0.304. The van der Waals surface area contributed by atoms with Crippen LogP contribution in [0.2, 0.25) is 0 Å². The zero-order chi connectivity index (χ0) is 21.5. The van der Waals surface area contributed by atoms with Crippen LogP contribution >= 0.6 is 12.4 Å². The van der Waals surface area contributed by atoms with E-state index in [1.807, 2.05) is 30.3 Å². The molecule has 0 bridgehead atoms. The minimum absolute atomic E-state index is 0. The molecule has 2 N–H and O–H groups in total. The van der Waals surface area contributed by atoms with Crippen molar-refractivity contribution in [1.29, 1.82) is 0 Å². The van der Waals surface area contributed by atoms with Crippen molar-refractivity contribution in [3.63, 3.8) is 0 Å². The number of fused-ring (bicyclic) bond motifs is 1. The topological polar surface area (TPSA) is 61.4 Å². The first-order valence-corrected chi connectivity index (χ1v) is 11.6. The van der Waals surface area contributed by atoms with Crippen LogP contribution < -0.4 is 14.9 Å². The molecule has 0 aromatic heterocycles. The molecule has 2 atom stereocenters. The van der Waals surface area contributed by atoms with Crippen molar-refractivity contribution in [3.05, 3.63) is 66.0 Å². The summed E-state index contributed by atoms with van der Waals surface area (Å²) in [6.45, 7) is 7.76. The van der Waals surface area contributed by atoms with Crippen LogP contribution in [0.25, 0.3) is 10.8 Å². The van der Waals surface area contributed by atoms with Gasteiger partial charge < -0.3 is 10.2 Å². The van der Waals surface area contributed by atoms with Gasteiger partial charge in [0.15, 0.2) is 0 Å². The van der Waals surface area contributed by atoms with Crippen LogP contribution in [-0.2, 0) is 10.0 Å². The number of nitrogens with zero attached hydrogens (tertiary/aromatic N) is 1. The van der Waals surface area contributed by atoms with E-state index >= 15 is 0 Å². The lowest BCUT2D eigenvalue weighted by Gasteiger charge is -2.40. The van der Waals surface area contributed by atoms with Crippen molar-refractivity contribution in [2.45, 2.75) is 37.8 Å². The minimum atomic E-state index is -3.93. The molecule has 1 aliphatic rings. The quantitative estimate of drug-likeness (QED) is 0.589. The number of nitrogens with one attached hydrogen (secondary N) is 2. The molecule has 0 spiro atoms. The first kappa shape index (κ1) is 23.3. The lowest BCUT2D eigenvalue weighted by atomic mass is 10.0. The summed E-state index contributed by atoms with van der Waals surface area (Å²) in [6, 6.07) is 16.0. The average Bonchev–Trinajstić information content (AvgIpc) is 2.72. The Balaban J connectivity index is 0.00000272. The molecule has 3 aromatic rings. The van der Waals surface area contributed by atoms with Crippen molar-refractivity contribution in [2.75, 3.05) is 22.7 Å². The first-order chi connectivity index (χ1) is 14.3. The number of piperazine rings is 1. The largest absolute Gasteiger partial charge is 0.365 e. The molecule has 1 saturated heterocycles. The maximum absolute atomic E-state index is 13.7. The molecule has 0 unspecified atom stereocenters. The molecule has 5 nitrogen and oxygen atoms in total. The highest BCUT2D eigenvalue weighted by molar-refractivity contribution is 7.92. The van der Waals surface area contributed by atoms with Gasteiger partial charge in [0.1, 0.15) is 5.82 Å². The molecule has 4 rings (SSSR count). The predicted octanol–water partition coefficient (Wildman–Crippen LogP) is 4.70. The maximum Gasteiger partial charge on any atom is 0.262 e. The standard InChI is InChI=1S/C23H26FN3O2S.ClH/c1-15-8-9-18(24)12-23(15)30(28,29)26-21-10-11-22(20-7-5-4-6-19(20)21)27-14-16(2)25-13-17(27)3;/h4-12,16-17,25-26H,13-14H2,1-3H3;1H/t16-,17+;/m0./s1. The number of hydrogen-bond donors (Lipinski definition) is 2. The van der Waals surface area contributed by atoms with E-state index in [-0.39, 0.29) is 17.3 Å². The molecular weight excluding hydrogens is 437 g/mol. The van der Waals surface area contributed by atoms with Gasteiger partial charge in [-0.25, -0.2) is 12.8 Å². The summed E-state index contributed by atoms with van der Waals surface area (Å²) in [5.41, 5.74) is 2.05.